The summed E-state index contributed by atoms with van der Waals surface area (Å²) >= 11 is 6.23. The zero-order valence-corrected chi connectivity index (χ0v) is 15.2. The maximum Gasteiger partial charge on any atom is 0.268 e. The van der Waals surface area contributed by atoms with E-state index in [-0.39, 0.29) is 11.5 Å². The average Bonchev–Trinajstić information content (AvgIpc) is 2.91. The normalized spacial score (nSPS) is 10.8. The van der Waals surface area contributed by atoms with E-state index in [2.05, 4.69) is 25.2 Å². The highest BCUT2D eigenvalue weighted by molar-refractivity contribution is 6.34. The first-order valence-electron chi connectivity index (χ1n) is 7.94. The number of halogens is 1. The number of nitrogens with two attached hydrogens (primary N) is 1. The summed E-state index contributed by atoms with van der Waals surface area (Å²) in [5.74, 6) is 0.600. The highest BCUT2D eigenvalue weighted by atomic mass is 35.5. The van der Waals surface area contributed by atoms with Crippen LogP contribution >= 0.6 is 11.6 Å². The average molecular weight is 372 g/mol. The Kier molecular flexibility index (Phi) is 5.21. The number of hydrogen-bond acceptors (Lipinski definition) is 6. The second kappa shape index (κ2) is 7.56. The summed E-state index contributed by atoms with van der Waals surface area (Å²) in [4.78, 5) is 12.4. The van der Waals surface area contributed by atoms with Crippen molar-refractivity contribution >= 4 is 34.6 Å². The molecule has 3 N–H and O–H groups in total. The molecule has 0 saturated carbocycles. The fourth-order valence-corrected chi connectivity index (χ4v) is 2.74. The molecule has 0 aliphatic heterocycles. The van der Waals surface area contributed by atoms with E-state index >= 15 is 0 Å². The predicted octanol–water partition coefficient (Wildman–Crippen LogP) is 3.02. The predicted molar refractivity (Wildman–Crippen MR) is 101 cm³/mol. The summed E-state index contributed by atoms with van der Waals surface area (Å²) in [5.41, 5.74) is 9.12. The Hall–Kier alpha value is -2.89. The van der Waals surface area contributed by atoms with E-state index in [1.54, 1.807) is 14.0 Å². The van der Waals surface area contributed by atoms with Crippen molar-refractivity contribution in [2.24, 2.45) is 0 Å². The highest BCUT2D eigenvalue weighted by Gasteiger charge is 2.18. The fourth-order valence-electron chi connectivity index (χ4n) is 2.58. The van der Waals surface area contributed by atoms with Gasteiger partial charge in [-0.05, 0) is 19.1 Å². The molecule has 0 atom stereocenters. The van der Waals surface area contributed by atoms with Crippen molar-refractivity contribution in [3.8, 4) is 0 Å². The lowest BCUT2D eigenvalue weighted by Crippen LogP contribution is -2.10. The Labute approximate surface area is 155 Å². The molecule has 3 rings (SSSR count). The molecular formula is C17H18ClN7O. The first-order chi connectivity index (χ1) is 12.5. The third-order valence-corrected chi connectivity index (χ3v) is 4.26. The summed E-state index contributed by atoms with van der Waals surface area (Å²) in [5, 5.41) is 7.80. The quantitative estimate of drug-likeness (QED) is 0.647. The lowest BCUT2D eigenvalue weighted by atomic mass is 10.2. The van der Waals surface area contributed by atoms with E-state index < -0.39 is 0 Å². The first kappa shape index (κ1) is 17.9. The molecule has 134 valence electrons. The third-order valence-electron chi connectivity index (χ3n) is 3.82. The van der Waals surface area contributed by atoms with Gasteiger partial charge in [-0.3, -0.25) is 4.98 Å². The van der Waals surface area contributed by atoms with Gasteiger partial charge in [0.1, 0.15) is 16.7 Å². The van der Waals surface area contributed by atoms with Crippen LogP contribution in [-0.4, -0.2) is 33.2 Å². The molecule has 3 aromatic heterocycles. The standard InChI is InChI=1S/C17H18ClN7O/c1-10-13(18)17-23-16(14(20-2)15(19)25(17)24-10)21-8-7-11-5-4-6-12(22-11)9-26-3/h4-6H,7-9,19H2,1,3H3,(H,21,23). The molecule has 0 aromatic carbocycles. The summed E-state index contributed by atoms with van der Waals surface area (Å²) < 4.78 is 6.49. The van der Waals surface area contributed by atoms with E-state index in [9.17, 15) is 0 Å². The number of hydrogen-bond donors (Lipinski definition) is 2. The van der Waals surface area contributed by atoms with Gasteiger partial charge in [-0.25, -0.2) is 14.3 Å². The van der Waals surface area contributed by atoms with Gasteiger partial charge >= 0.3 is 0 Å². The molecule has 3 heterocycles. The van der Waals surface area contributed by atoms with E-state index in [4.69, 9.17) is 28.6 Å². The van der Waals surface area contributed by atoms with Gasteiger partial charge in [-0.1, -0.05) is 17.7 Å². The fraction of sp³-hybridized carbons (Fsp3) is 0.294. The van der Waals surface area contributed by atoms with Crippen LogP contribution in [0, 0.1) is 13.5 Å². The maximum atomic E-state index is 7.40. The molecule has 0 unspecified atom stereocenters. The monoisotopic (exact) mass is 371 g/mol. The number of aromatic nitrogens is 4. The number of methoxy groups -OCH3 is 1. The van der Waals surface area contributed by atoms with Crippen LogP contribution in [-0.2, 0) is 17.8 Å². The summed E-state index contributed by atoms with van der Waals surface area (Å²) in [6.45, 7) is 10.2. The second-order valence-corrected chi connectivity index (χ2v) is 6.05. The number of ether oxygens (including phenoxy) is 1. The van der Waals surface area contributed by atoms with Crippen molar-refractivity contribution in [1.82, 2.24) is 19.6 Å². The maximum absolute atomic E-state index is 7.40. The number of aryl methyl sites for hydroxylation is 1. The minimum Gasteiger partial charge on any atom is -0.392 e. The summed E-state index contributed by atoms with van der Waals surface area (Å²) in [6.07, 6.45) is 0.660. The Morgan fingerprint density at radius 1 is 1.35 bits per heavy atom. The molecular weight excluding hydrogens is 354 g/mol. The van der Waals surface area contributed by atoms with E-state index in [0.717, 1.165) is 11.4 Å². The topological polar surface area (TPSA) is 94.7 Å². The third kappa shape index (κ3) is 3.40. The van der Waals surface area contributed by atoms with Crippen LogP contribution in [0.2, 0.25) is 5.02 Å². The van der Waals surface area contributed by atoms with Crippen molar-refractivity contribution in [2.45, 2.75) is 20.0 Å². The van der Waals surface area contributed by atoms with Crippen molar-refractivity contribution in [3.05, 3.63) is 51.7 Å². The number of nitrogens with one attached hydrogen (secondary N) is 1. The van der Waals surface area contributed by atoms with Crippen molar-refractivity contribution < 1.29 is 4.74 Å². The lowest BCUT2D eigenvalue weighted by molar-refractivity contribution is 0.181. The van der Waals surface area contributed by atoms with E-state index in [1.165, 1.54) is 4.52 Å². The van der Waals surface area contributed by atoms with Gasteiger partial charge in [0, 0.05) is 25.8 Å². The van der Waals surface area contributed by atoms with Crippen LogP contribution in [0.1, 0.15) is 17.1 Å². The van der Waals surface area contributed by atoms with Gasteiger partial charge in [0.25, 0.3) is 5.69 Å². The van der Waals surface area contributed by atoms with Gasteiger partial charge in [-0.2, -0.15) is 5.10 Å². The lowest BCUT2D eigenvalue weighted by Gasteiger charge is -2.11. The number of nitrogens with zero attached hydrogens (tertiary/aromatic N) is 5. The molecule has 0 amide bonds. The Balaban J connectivity index is 1.81. The van der Waals surface area contributed by atoms with Crippen LogP contribution in [0.3, 0.4) is 0 Å². The van der Waals surface area contributed by atoms with Crippen molar-refractivity contribution in [3.63, 3.8) is 0 Å². The Morgan fingerprint density at radius 2 is 2.12 bits per heavy atom. The van der Waals surface area contributed by atoms with E-state index in [1.807, 2.05) is 18.2 Å². The molecule has 0 bridgehead atoms. The highest BCUT2D eigenvalue weighted by Crippen LogP contribution is 2.33. The molecule has 0 spiro atoms. The smallest absolute Gasteiger partial charge is 0.268 e. The van der Waals surface area contributed by atoms with Gasteiger partial charge < -0.3 is 15.8 Å². The number of fused-ring (bicyclic) bond motifs is 1. The van der Waals surface area contributed by atoms with Crippen LogP contribution < -0.4 is 11.1 Å². The summed E-state index contributed by atoms with van der Waals surface area (Å²) in [7, 11) is 1.64. The van der Waals surface area contributed by atoms with Crippen LogP contribution in [0.25, 0.3) is 10.5 Å². The van der Waals surface area contributed by atoms with Crippen LogP contribution in [0.15, 0.2) is 18.2 Å². The number of anilines is 2. The van der Waals surface area contributed by atoms with Crippen molar-refractivity contribution in [1.29, 1.82) is 0 Å². The molecule has 0 radical (unpaired) electrons. The zero-order chi connectivity index (χ0) is 18.7. The van der Waals surface area contributed by atoms with Crippen LogP contribution in [0.5, 0.6) is 0 Å². The Morgan fingerprint density at radius 3 is 2.85 bits per heavy atom. The van der Waals surface area contributed by atoms with Gasteiger partial charge in [0.05, 0.1) is 24.6 Å². The number of rotatable bonds is 6. The number of nitrogen functional groups attached to an aromatic ring is 1. The van der Waals surface area contributed by atoms with Crippen LogP contribution in [0.4, 0.5) is 17.3 Å². The van der Waals surface area contributed by atoms with Gasteiger partial charge in [0.15, 0.2) is 5.65 Å². The first-order valence-corrected chi connectivity index (χ1v) is 8.32. The second-order valence-electron chi connectivity index (χ2n) is 5.67. The molecule has 9 heteroatoms. The molecule has 8 nitrogen and oxygen atoms in total. The molecule has 0 aliphatic rings. The molecule has 0 fully saturated rings. The Bertz CT molecular complexity index is 993. The zero-order valence-electron chi connectivity index (χ0n) is 14.5. The minimum absolute atomic E-state index is 0.211. The molecule has 3 aromatic rings. The molecule has 0 aliphatic carbocycles. The van der Waals surface area contributed by atoms with Gasteiger partial charge in [-0.15, -0.1) is 0 Å². The van der Waals surface area contributed by atoms with Gasteiger partial charge in [0.2, 0.25) is 0 Å². The SMILES string of the molecule is [C-]#[N+]c1c(NCCc2cccc(COC)n2)nc2c(Cl)c(C)nn2c1N. The summed E-state index contributed by atoms with van der Waals surface area (Å²) in [6, 6.07) is 5.80. The van der Waals surface area contributed by atoms with Crippen molar-refractivity contribution in [2.75, 3.05) is 24.7 Å². The minimum atomic E-state index is 0.211. The van der Waals surface area contributed by atoms with E-state index in [0.29, 0.717) is 41.8 Å². The number of pyridine rings is 1. The molecule has 26 heavy (non-hydrogen) atoms. The largest absolute Gasteiger partial charge is 0.392 e. The molecule has 0 saturated heterocycles.